The molecule has 2 aromatic heterocycles. The molecule has 0 aliphatic carbocycles. The van der Waals surface area contributed by atoms with Gasteiger partial charge in [0.25, 0.3) is 15.6 Å². The Kier molecular flexibility index (Phi) is 5.58. The molecule has 0 amide bonds. The molecule has 0 atom stereocenters. The van der Waals surface area contributed by atoms with Gasteiger partial charge in [-0.05, 0) is 61.0 Å². The number of pyridine rings is 1. The zero-order valence-corrected chi connectivity index (χ0v) is 19.1. The van der Waals surface area contributed by atoms with E-state index in [0.717, 1.165) is 11.3 Å². The van der Waals surface area contributed by atoms with Crippen LogP contribution in [0.15, 0.2) is 76.6 Å². The Hall–Kier alpha value is -4.05. The van der Waals surface area contributed by atoms with Crippen LogP contribution in [0.4, 0.5) is 11.4 Å². The average Bonchev–Trinajstić information content (AvgIpc) is 2.83. The van der Waals surface area contributed by atoms with E-state index in [2.05, 4.69) is 15.0 Å². The third-order valence-electron chi connectivity index (χ3n) is 5.31. The minimum atomic E-state index is -3.80. The van der Waals surface area contributed by atoms with Crippen LogP contribution in [0.2, 0.25) is 0 Å². The molecule has 0 saturated heterocycles. The number of aromatic nitrogens is 2. The molecule has 0 radical (unpaired) electrons. The number of anilines is 2. The fraction of sp³-hybridized carbons (Fsp3) is 0.167. The first-order valence-corrected chi connectivity index (χ1v) is 12.1. The topological polar surface area (TPSA) is 111 Å². The second-order valence-electron chi connectivity index (χ2n) is 7.86. The number of hydrogen-bond acceptors (Lipinski definition) is 7. The Morgan fingerprint density at radius 1 is 0.941 bits per heavy atom. The molecule has 9 nitrogen and oxygen atoms in total. The third-order valence-corrected chi connectivity index (χ3v) is 6.69. The van der Waals surface area contributed by atoms with Crippen LogP contribution in [-0.4, -0.2) is 31.0 Å². The van der Waals surface area contributed by atoms with E-state index in [4.69, 9.17) is 9.47 Å². The van der Waals surface area contributed by atoms with Crippen molar-refractivity contribution in [3.63, 3.8) is 0 Å². The van der Waals surface area contributed by atoms with Gasteiger partial charge in [-0.15, -0.1) is 0 Å². The van der Waals surface area contributed by atoms with Gasteiger partial charge in [0, 0.05) is 29.7 Å². The van der Waals surface area contributed by atoms with Crippen LogP contribution in [-0.2, 0) is 16.6 Å². The number of rotatable bonds is 6. The quantitative estimate of drug-likeness (QED) is 0.438. The molecule has 2 aromatic carbocycles. The summed E-state index contributed by atoms with van der Waals surface area (Å²) in [6.45, 7) is 3.11. The number of nitrogens with zero attached hydrogens (tertiary/aromatic N) is 2. The summed E-state index contributed by atoms with van der Waals surface area (Å²) in [7, 11) is -3.80. The molecule has 10 heteroatoms. The fourth-order valence-corrected chi connectivity index (χ4v) is 4.67. The summed E-state index contributed by atoms with van der Waals surface area (Å²) in [5.41, 5.74) is 3.25. The van der Waals surface area contributed by atoms with Crippen molar-refractivity contribution in [3.05, 3.63) is 88.5 Å². The number of hydrogen-bond donors (Lipinski definition) is 2. The van der Waals surface area contributed by atoms with Crippen LogP contribution in [0, 0.1) is 6.92 Å². The highest BCUT2D eigenvalue weighted by Crippen LogP contribution is 2.32. The van der Waals surface area contributed by atoms with E-state index in [1.807, 2.05) is 19.1 Å². The lowest BCUT2D eigenvalue weighted by Gasteiger charge is -2.19. The average molecular weight is 479 g/mol. The molecular weight excluding hydrogens is 456 g/mol. The lowest BCUT2D eigenvalue weighted by molar-refractivity contribution is 0.171. The molecule has 0 bridgehead atoms. The molecule has 174 valence electrons. The molecule has 0 fully saturated rings. The monoisotopic (exact) mass is 478 g/mol. The minimum Gasteiger partial charge on any atom is -0.486 e. The molecule has 4 aromatic rings. The molecule has 5 rings (SSSR count). The third kappa shape index (κ3) is 4.53. The van der Waals surface area contributed by atoms with Crippen molar-refractivity contribution in [1.82, 2.24) is 9.38 Å². The van der Waals surface area contributed by atoms with Gasteiger partial charge < -0.3 is 14.8 Å². The van der Waals surface area contributed by atoms with Gasteiger partial charge in [-0.1, -0.05) is 0 Å². The molecule has 0 unspecified atom stereocenters. The van der Waals surface area contributed by atoms with Crippen LogP contribution in [0.5, 0.6) is 11.5 Å². The molecule has 3 heterocycles. The summed E-state index contributed by atoms with van der Waals surface area (Å²) in [6.07, 6.45) is 1.71. The summed E-state index contributed by atoms with van der Waals surface area (Å²) in [5.74, 6) is 0.935. The number of ether oxygens (including phenoxy) is 2. The standard InChI is InChI=1S/C24H22N4O5S/c1-16-8-9-28-23(12-16)26-19(13-24(28)29)15-25-17-2-4-18(5-3-17)27-34(30,31)20-6-7-21-22(14-20)33-11-10-32-21/h2-9,12-14,25,27H,10-11,15H2,1H3. The van der Waals surface area contributed by atoms with E-state index in [1.165, 1.54) is 22.6 Å². The van der Waals surface area contributed by atoms with Crippen molar-refractivity contribution >= 4 is 27.0 Å². The lowest BCUT2D eigenvalue weighted by atomic mass is 10.2. The Morgan fingerprint density at radius 2 is 1.68 bits per heavy atom. The first-order chi connectivity index (χ1) is 16.4. The first kappa shape index (κ1) is 21.8. The predicted octanol–water partition coefficient (Wildman–Crippen LogP) is 3.19. The molecule has 2 N–H and O–H groups in total. The van der Waals surface area contributed by atoms with Gasteiger partial charge >= 0.3 is 0 Å². The van der Waals surface area contributed by atoms with E-state index in [9.17, 15) is 13.2 Å². The Labute approximate surface area is 196 Å². The van der Waals surface area contributed by atoms with Crippen molar-refractivity contribution in [1.29, 1.82) is 0 Å². The van der Waals surface area contributed by atoms with Crippen molar-refractivity contribution in [3.8, 4) is 11.5 Å². The van der Waals surface area contributed by atoms with Crippen LogP contribution >= 0.6 is 0 Å². The first-order valence-electron chi connectivity index (χ1n) is 10.6. The van der Waals surface area contributed by atoms with Gasteiger partial charge in [-0.2, -0.15) is 0 Å². The van der Waals surface area contributed by atoms with E-state index in [0.29, 0.717) is 48.3 Å². The summed E-state index contributed by atoms with van der Waals surface area (Å²) >= 11 is 0. The predicted molar refractivity (Wildman–Crippen MR) is 128 cm³/mol. The van der Waals surface area contributed by atoms with Crippen LogP contribution in [0.25, 0.3) is 5.65 Å². The van der Waals surface area contributed by atoms with Gasteiger partial charge in [0.05, 0.1) is 17.1 Å². The highest BCUT2D eigenvalue weighted by atomic mass is 32.2. The molecule has 1 aliphatic heterocycles. The van der Waals surface area contributed by atoms with Crippen molar-refractivity contribution < 1.29 is 17.9 Å². The number of fused-ring (bicyclic) bond motifs is 2. The maximum atomic E-state index is 12.8. The largest absolute Gasteiger partial charge is 0.486 e. The van der Waals surface area contributed by atoms with Crippen molar-refractivity contribution in [2.45, 2.75) is 18.4 Å². The number of benzene rings is 2. The summed E-state index contributed by atoms with van der Waals surface area (Å²) in [5, 5.41) is 3.21. The normalized spacial score (nSPS) is 13.0. The second-order valence-corrected chi connectivity index (χ2v) is 9.54. The van der Waals surface area contributed by atoms with Crippen LogP contribution in [0.1, 0.15) is 11.3 Å². The van der Waals surface area contributed by atoms with E-state index >= 15 is 0 Å². The van der Waals surface area contributed by atoms with Gasteiger partial charge in [-0.25, -0.2) is 13.4 Å². The van der Waals surface area contributed by atoms with Gasteiger partial charge in [0.2, 0.25) is 0 Å². The highest BCUT2D eigenvalue weighted by molar-refractivity contribution is 7.92. The Bertz CT molecular complexity index is 1530. The smallest absolute Gasteiger partial charge is 0.262 e. The number of nitrogens with one attached hydrogen (secondary N) is 2. The van der Waals surface area contributed by atoms with Crippen LogP contribution < -0.4 is 25.1 Å². The Balaban J connectivity index is 1.27. The minimum absolute atomic E-state index is 0.0860. The van der Waals surface area contributed by atoms with E-state index in [1.54, 1.807) is 36.5 Å². The van der Waals surface area contributed by atoms with Crippen molar-refractivity contribution in [2.75, 3.05) is 23.3 Å². The van der Waals surface area contributed by atoms with E-state index in [-0.39, 0.29) is 10.5 Å². The maximum Gasteiger partial charge on any atom is 0.262 e. The maximum absolute atomic E-state index is 12.8. The SMILES string of the molecule is Cc1ccn2c(=O)cc(CNc3ccc(NS(=O)(=O)c4ccc5c(c4)OCCO5)cc3)nc2c1. The molecular formula is C24H22N4O5S. The zero-order valence-electron chi connectivity index (χ0n) is 18.3. The Morgan fingerprint density at radius 3 is 2.47 bits per heavy atom. The lowest BCUT2D eigenvalue weighted by Crippen LogP contribution is -2.17. The summed E-state index contributed by atoms with van der Waals surface area (Å²) in [4.78, 5) is 16.9. The fourth-order valence-electron chi connectivity index (χ4n) is 3.60. The summed E-state index contributed by atoms with van der Waals surface area (Å²) < 4.78 is 40.5. The summed E-state index contributed by atoms with van der Waals surface area (Å²) in [6, 6.07) is 16.5. The van der Waals surface area contributed by atoms with Crippen LogP contribution in [0.3, 0.4) is 0 Å². The molecule has 1 aliphatic rings. The van der Waals surface area contributed by atoms with E-state index < -0.39 is 10.0 Å². The molecule has 0 spiro atoms. The second kappa shape index (κ2) is 8.71. The molecule has 0 saturated carbocycles. The molecule has 34 heavy (non-hydrogen) atoms. The number of sulfonamides is 1. The van der Waals surface area contributed by atoms with Gasteiger partial charge in [0.1, 0.15) is 18.9 Å². The number of aryl methyl sites for hydroxylation is 1. The highest BCUT2D eigenvalue weighted by Gasteiger charge is 2.19. The van der Waals surface area contributed by atoms with Crippen molar-refractivity contribution in [2.24, 2.45) is 0 Å². The van der Waals surface area contributed by atoms with Gasteiger partial charge in [0.15, 0.2) is 11.5 Å². The zero-order chi connectivity index (χ0) is 23.7. The van der Waals surface area contributed by atoms with Gasteiger partial charge in [-0.3, -0.25) is 13.9 Å².